The Morgan fingerprint density at radius 3 is 2.60 bits per heavy atom. The van der Waals surface area contributed by atoms with Crippen LogP contribution >= 0.6 is 31.9 Å². The minimum absolute atomic E-state index is 0.580. The molecule has 0 radical (unpaired) electrons. The van der Waals surface area contributed by atoms with Crippen molar-refractivity contribution < 1.29 is 4.42 Å². The lowest BCUT2D eigenvalue weighted by Crippen LogP contribution is -1.98. The van der Waals surface area contributed by atoms with Crippen LogP contribution < -0.4 is 0 Å². The zero-order chi connectivity index (χ0) is 13.9. The second-order valence-corrected chi connectivity index (χ2v) is 5.79. The molecule has 0 amide bonds. The third-order valence-corrected chi connectivity index (χ3v) is 3.93. The minimum atomic E-state index is 0.580. The van der Waals surface area contributed by atoms with Gasteiger partial charge in [0.25, 0.3) is 0 Å². The van der Waals surface area contributed by atoms with Crippen LogP contribution in [0.3, 0.4) is 0 Å². The topological polar surface area (TPSA) is 43.9 Å². The Bertz CT molecular complexity index is 703. The molecule has 0 atom stereocenters. The number of rotatable bonds is 4. The number of nitrogens with zero attached hydrogens (tertiary/aromatic N) is 3. The molecule has 3 rings (SSSR count). The normalized spacial score (nSPS) is 10.9. The molecule has 102 valence electrons. The van der Waals surface area contributed by atoms with E-state index in [4.69, 9.17) is 4.42 Å². The van der Waals surface area contributed by atoms with Gasteiger partial charge in [0.2, 0.25) is 0 Å². The van der Waals surface area contributed by atoms with Crippen LogP contribution in [0.4, 0.5) is 0 Å². The average molecular weight is 397 g/mol. The monoisotopic (exact) mass is 395 g/mol. The number of benzene rings is 1. The van der Waals surface area contributed by atoms with E-state index in [1.54, 1.807) is 4.68 Å². The molecule has 0 saturated heterocycles. The Hall–Kier alpha value is -1.40. The minimum Gasteiger partial charge on any atom is -0.459 e. The van der Waals surface area contributed by atoms with Crippen molar-refractivity contribution in [1.82, 2.24) is 15.0 Å². The second kappa shape index (κ2) is 5.93. The predicted molar refractivity (Wildman–Crippen MR) is 83.6 cm³/mol. The molecule has 0 spiro atoms. The fourth-order valence-electron chi connectivity index (χ4n) is 1.87. The second-order valence-electron chi connectivity index (χ2n) is 4.31. The Morgan fingerprint density at radius 2 is 1.90 bits per heavy atom. The predicted octanol–water partition coefficient (Wildman–Crippen LogP) is 4.24. The first kappa shape index (κ1) is 13.6. The molecule has 3 aromatic rings. The van der Waals surface area contributed by atoms with Crippen molar-refractivity contribution >= 4 is 31.9 Å². The fraction of sp³-hybridized carbons (Fsp3) is 0.143. The quantitative estimate of drug-likeness (QED) is 0.619. The number of furan rings is 1. The first-order valence-corrected chi connectivity index (χ1v) is 7.95. The molecule has 20 heavy (non-hydrogen) atoms. The number of alkyl halides is 1. The Labute approximate surface area is 133 Å². The van der Waals surface area contributed by atoms with Crippen molar-refractivity contribution in [1.29, 1.82) is 0 Å². The first-order chi connectivity index (χ1) is 9.74. The van der Waals surface area contributed by atoms with Crippen LogP contribution in [0.5, 0.6) is 0 Å². The molecule has 0 N–H and O–H groups in total. The van der Waals surface area contributed by atoms with Crippen molar-refractivity contribution in [3.63, 3.8) is 0 Å². The van der Waals surface area contributed by atoms with Crippen molar-refractivity contribution in [3.05, 3.63) is 58.5 Å². The summed E-state index contributed by atoms with van der Waals surface area (Å²) in [5.41, 5.74) is 1.96. The van der Waals surface area contributed by atoms with Crippen molar-refractivity contribution in [2.24, 2.45) is 0 Å². The molecule has 0 saturated carbocycles. The van der Waals surface area contributed by atoms with Gasteiger partial charge in [-0.05, 0) is 24.3 Å². The highest BCUT2D eigenvalue weighted by Crippen LogP contribution is 2.24. The SMILES string of the molecule is BrCc1cn(Cc2ccc(-c3ccc(Br)cc3)o2)nn1. The molecule has 0 unspecified atom stereocenters. The summed E-state index contributed by atoms with van der Waals surface area (Å²) >= 11 is 6.78. The Balaban J connectivity index is 1.78. The molecule has 4 nitrogen and oxygen atoms in total. The van der Waals surface area contributed by atoms with Crippen LogP contribution in [0.1, 0.15) is 11.5 Å². The van der Waals surface area contributed by atoms with Gasteiger partial charge >= 0.3 is 0 Å². The summed E-state index contributed by atoms with van der Waals surface area (Å²) in [6.07, 6.45) is 1.90. The molecule has 6 heteroatoms. The van der Waals surface area contributed by atoms with E-state index in [1.807, 2.05) is 42.6 Å². The zero-order valence-electron chi connectivity index (χ0n) is 10.5. The molecule has 2 heterocycles. The van der Waals surface area contributed by atoms with Gasteiger partial charge < -0.3 is 4.42 Å². The maximum absolute atomic E-state index is 5.84. The van der Waals surface area contributed by atoms with Gasteiger partial charge in [-0.1, -0.05) is 49.2 Å². The van der Waals surface area contributed by atoms with Crippen LogP contribution in [-0.2, 0) is 11.9 Å². The van der Waals surface area contributed by atoms with E-state index in [1.165, 1.54) is 0 Å². The molecule has 0 bridgehead atoms. The van der Waals surface area contributed by atoms with Crippen molar-refractivity contribution in [2.45, 2.75) is 11.9 Å². The van der Waals surface area contributed by atoms with Gasteiger partial charge in [0.1, 0.15) is 18.1 Å². The van der Waals surface area contributed by atoms with Crippen LogP contribution in [0.15, 0.2) is 51.5 Å². The van der Waals surface area contributed by atoms with Gasteiger partial charge in [-0.3, -0.25) is 0 Å². The van der Waals surface area contributed by atoms with Crippen LogP contribution in [0.2, 0.25) is 0 Å². The number of halogens is 2. The third kappa shape index (κ3) is 3.02. The van der Waals surface area contributed by atoms with Crippen molar-refractivity contribution in [2.75, 3.05) is 0 Å². The number of hydrogen-bond acceptors (Lipinski definition) is 3. The molecule has 0 aliphatic carbocycles. The summed E-state index contributed by atoms with van der Waals surface area (Å²) in [7, 11) is 0. The molecular formula is C14H11Br2N3O. The van der Waals surface area contributed by atoms with E-state index in [2.05, 4.69) is 42.2 Å². The smallest absolute Gasteiger partial charge is 0.134 e. The lowest BCUT2D eigenvalue weighted by molar-refractivity contribution is 0.485. The van der Waals surface area contributed by atoms with Gasteiger partial charge in [-0.2, -0.15) is 0 Å². The van der Waals surface area contributed by atoms with Gasteiger partial charge in [-0.25, -0.2) is 4.68 Å². The highest BCUT2D eigenvalue weighted by molar-refractivity contribution is 9.10. The summed E-state index contributed by atoms with van der Waals surface area (Å²) < 4.78 is 8.66. The number of hydrogen-bond donors (Lipinski definition) is 0. The van der Waals surface area contributed by atoms with Crippen molar-refractivity contribution in [3.8, 4) is 11.3 Å². The van der Waals surface area contributed by atoms with Gasteiger partial charge in [0.15, 0.2) is 0 Å². The van der Waals surface area contributed by atoms with E-state index >= 15 is 0 Å². The molecule has 1 aromatic carbocycles. The zero-order valence-corrected chi connectivity index (χ0v) is 13.6. The van der Waals surface area contributed by atoms with E-state index in [0.717, 1.165) is 27.3 Å². The Kier molecular flexibility index (Phi) is 4.03. The highest BCUT2D eigenvalue weighted by Gasteiger charge is 2.07. The first-order valence-electron chi connectivity index (χ1n) is 6.04. The number of aromatic nitrogens is 3. The molecule has 0 fully saturated rings. The van der Waals surface area contributed by atoms with Gasteiger partial charge in [0.05, 0.1) is 5.69 Å². The Morgan fingerprint density at radius 1 is 1.10 bits per heavy atom. The lowest BCUT2D eigenvalue weighted by atomic mass is 10.2. The summed E-state index contributed by atoms with van der Waals surface area (Å²) in [5, 5.41) is 8.77. The maximum atomic E-state index is 5.84. The lowest BCUT2D eigenvalue weighted by Gasteiger charge is -1.98. The van der Waals surface area contributed by atoms with E-state index in [9.17, 15) is 0 Å². The highest BCUT2D eigenvalue weighted by atomic mass is 79.9. The summed E-state index contributed by atoms with van der Waals surface area (Å²) in [5.74, 6) is 1.71. The molecule has 0 aliphatic rings. The summed E-state index contributed by atoms with van der Waals surface area (Å²) in [6, 6.07) is 12.0. The fourth-order valence-corrected chi connectivity index (χ4v) is 2.39. The largest absolute Gasteiger partial charge is 0.459 e. The summed E-state index contributed by atoms with van der Waals surface area (Å²) in [6.45, 7) is 0.580. The van der Waals surface area contributed by atoms with Crippen LogP contribution in [-0.4, -0.2) is 15.0 Å². The van der Waals surface area contributed by atoms with Gasteiger partial charge in [-0.15, -0.1) is 5.10 Å². The molecule has 2 aromatic heterocycles. The van der Waals surface area contributed by atoms with Crippen LogP contribution in [0, 0.1) is 0 Å². The molecule has 0 aliphatic heterocycles. The van der Waals surface area contributed by atoms with Crippen LogP contribution in [0.25, 0.3) is 11.3 Å². The van der Waals surface area contributed by atoms with Gasteiger partial charge in [0, 0.05) is 21.6 Å². The standard InChI is InChI=1S/C14H11Br2N3O/c15-7-12-8-19(18-17-12)9-13-5-6-14(20-13)10-1-3-11(16)4-2-10/h1-6,8H,7,9H2. The molecular weight excluding hydrogens is 386 g/mol. The third-order valence-electron chi connectivity index (χ3n) is 2.83. The summed E-state index contributed by atoms with van der Waals surface area (Å²) in [4.78, 5) is 0. The maximum Gasteiger partial charge on any atom is 0.134 e. The van der Waals surface area contributed by atoms with E-state index in [-0.39, 0.29) is 0 Å². The average Bonchev–Trinajstić information content (AvgIpc) is 3.09. The van der Waals surface area contributed by atoms with E-state index in [0.29, 0.717) is 11.9 Å². The van der Waals surface area contributed by atoms with E-state index < -0.39 is 0 Å².